The van der Waals surface area contributed by atoms with E-state index >= 15 is 0 Å². The Morgan fingerprint density at radius 3 is 2.21 bits per heavy atom. The van der Waals surface area contributed by atoms with E-state index in [9.17, 15) is 0 Å². The van der Waals surface area contributed by atoms with E-state index in [2.05, 4.69) is 10.2 Å². The fraction of sp³-hybridized carbons (Fsp3) is 1.00. The van der Waals surface area contributed by atoms with E-state index < -0.39 is 0 Å². The summed E-state index contributed by atoms with van der Waals surface area (Å²) < 4.78 is 0. The highest BCUT2D eigenvalue weighted by Gasteiger charge is 2.47. The third-order valence-corrected chi connectivity index (χ3v) is 6.07. The zero-order chi connectivity index (χ0) is 12.7. The Morgan fingerprint density at radius 1 is 0.895 bits per heavy atom. The molecule has 3 aliphatic carbocycles. The van der Waals surface area contributed by atoms with Gasteiger partial charge in [0.05, 0.1) is 0 Å². The van der Waals surface area contributed by atoms with Gasteiger partial charge in [0.2, 0.25) is 0 Å². The van der Waals surface area contributed by atoms with Gasteiger partial charge in [-0.2, -0.15) is 0 Å². The van der Waals surface area contributed by atoms with Gasteiger partial charge in [0.15, 0.2) is 0 Å². The molecule has 4 fully saturated rings. The smallest absolute Gasteiger partial charge is 0.0308 e. The Kier molecular flexibility index (Phi) is 3.35. The minimum atomic E-state index is 0.497. The predicted molar refractivity (Wildman–Crippen MR) is 79.2 cm³/mol. The number of rotatable bonds is 3. The molecule has 0 atom stereocenters. The Hall–Kier alpha value is -0.0800. The monoisotopic (exact) mass is 262 g/mol. The summed E-state index contributed by atoms with van der Waals surface area (Å²) in [7, 11) is 0. The van der Waals surface area contributed by atoms with Crippen molar-refractivity contribution in [3.05, 3.63) is 0 Å². The molecular weight excluding hydrogens is 232 g/mol. The fourth-order valence-electron chi connectivity index (χ4n) is 4.83. The van der Waals surface area contributed by atoms with Gasteiger partial charge in [-0.15, -0.1) is 0 Å². The minimum absolute atomic E-state index is 0.497. The van der Waals surface area contributed by atoms with Crippen molar-refractivity contribution in [1.82, 2.24) is 10.2 Å². The summed E-state index contributed by atoms with van der Waals surface area (Å²) in [4.78, 5) is 2.95. The highest BCUT2D eigenvalue weighted by atomic mass is 15.2. The van der Waals surface area contributed by atoms with Crippen LogP contribution in [0.2, 0.25) is 0 Å². The molecule has 3 saturated carbocycles. The Balaban J connectivity index is 1.50. The second kappa shape index (κ2) is 5.04. The zero-order valence-electron chi connectivity index (χ0n) is 12.4. The van der Waals surface area contributed by atoms with Crippen molar-refractivity contribution in [3.63, 3.8) is 0 Å². The van der Waals surface area contributed by atoms with Gasteiger partial charge >= 0.3 is 0 Å². The van der Waals surface area contributed by atoms with Crippen LogP contribution in [0.1, 0.15) is 64.2 Å². The number of nitrogens with zero attached hydrogens (tertiary/aromatic N) is 1. The summed E-state index contributed by atoms with van der Waals surface area (Å²) in [5.74, 6) is 2.15. The lowest BCUT2D eigenvalue weighted by atomic mass is 9.81. The second-order valence-corrected chi connectivity index (χ2v) is 7.76. The van der Waals surface area contributed by atoms with Crippen molar-refractivity contribution in [2.45, 2.75) is 75.8 Å². The lowest BCUT2D eigenvalue weighted by Gasteiger charge is -2.42. The quantitative estimate of drug-likeness (QED) is 0.840. The minimum Gasteiger partial charge on any atom is -0.310 e. The normalized spacial score (nSPS) is 32.7. The molecule has 4 rings (SSSR count). The molecule has 1 spiro atoms. The van der Waals surface area contributed by atoms with Crippen molar-refractivity contribution >= 4 is 0 Å². The SMILES string of the molecule is C1CCC2(CC1)CN(C(C1CC1)C1CC1)CCCN2. The molecule has 0 aromatic heterocycles. The van der Waals surface area contributed by atoms with Crippen molar-refractivity contribution in [2.75, 3.05) is 19.6 Å². The fourth-order valence-corrected chi connectivity index (χ4v) is 4.83. The lowest BCUT2D eigenvalue weighted by molar-refractivity contribution is 0.105. The van der Waals surface area contributed by atoms with Crippen LogP contribution in [0, 0.1) is 11.8 Å². The molecule has 0 aromatic carbocycles. The maximum Gasteiger partial charge on any atom is 0.0308 e. The Bertz CT molecular complexity index is 301. The first-order valence-corrected chi connectivity index (χ1v) is 8.85. The van der Waals surface area contributed by atoms with Gasteiger partial charge in [0.1, 0.15) is 0 Å². The summed E-state index contributed by atoms with van der Waals surface area (Å²) in [6.07, 6.45) is 14.7. The standard InChI is InChI=1S/C17H30N2/c1-2-9-17(10-3-1)13-19(12-4-11-18-17)16(14-5-6-14)15-7-8-15/h14-16,18H,1-13H2. The average molecular weight is 262 g/mol. The van der Waals surface area contributed by atoms with Gasteiger partial charge in [0.25, 0.3) is 0 Å². The second-order valence-electron chi connectivity index (χ2n) is 7.76. The van der Waals surface area contributed by atoms with Gasteiger partial charge in [-0.25, -0.2) is 0 Å². The molecular formula is C17H30N2. The molecule has 2 nitrogen and oxygen atoms in total. The van der Waals surface area contributed by atoms with Gasteiger partial charge in [-0.3, -0.25) is 4.90 Å². The molecule has 1 aliphatic heterocycles. The summed E-state index contributed by atoms with van der Waals surface area (Å²) >= 11 is 0. The van der Waals surface area contributed by atoms with E-state index in [0.717, 1.165) is 17.9 Å². The molecule has 0 amide bonds. The van der Waals surface area contributed by atoms with Gasteiger partial charge in [-0.1, -0.05) is 19.3 Å². The van der Waals surface area contributed by atoms with Crippen LogP contribution in [0.15, 0.2) is 0 Å². The van der Waals surface area contributed by atoms with Crippen molar-refractivity contribution in [2.24, 2.45) is 11.8 Å². The first-order chi connectivity index (χ1) is 9.36. The summed E-state index contributed by atoms with van der Waals surface area (Å²) in [6.45, 7) is 4.00. The zero-order valence-corrected chi connectivity index (χ0v) is 12.4. The maximum atomic E-state index is 3.96. The third kappa shape index (κ3) is 2.71. The number of hydrogen-bond acceptors (Lipinski definition) is 2. The van der Waals surface area contributed by atoms with Crippen molar-refractivity contribution < 1.29 is 0 Å². The van der Waals surface area contributed by atoms with Crippen LogP contribution in [-0.4, -0.2) is 36.1 Å². The van der Waals surface area contributed by atoms with E-state index in [0.29, 0.717) is 5.54 Å². The van der Waals surface area contributed by atoms with Crippen molar-refractivity contribution in [3.8, 4) is 0 Å². The number of hydrogen-bond donors (Lipinski definition) is 1. The largest absolute Gasteiger partial charge is 0.310 e. The van der Waals surface area contributed by atoms with Crippen LogP contribution < -0.4 is 5.32 Å². The van der Waals surface area contributed by atoms with E-state index in [4.69, 9.17) is 0 Å². The van der Waals surface area contributed by atoms with Crippen LogP contribution in [0.3, 0.4) is 0 Å². The van der Waals surface area contributed by atoms with Crippen LogP contribution in [0.25, 0.3) is 0 Å². The molecule has 0 unspecified atom stereocenters. The van der Waals surface area contributed by atoms with E-state index in [1.807, 2.05) is 0 Å². The lowest BCUT2D eigenvalue weighted by Crippen LogP contribution is -2.55. The maximum absolute atomic E-state index is 3.96. The van der Waals surface area contributed by atoms with E-state index in [1.165, 1.54) is 83.8 Å². The molecule has 19 heavy (non-hydrogen) atoms. The summed E-state index contributed by atoms with van der Waals surface area (Å²) in [5, 5.41) is 3.96. The molecule has 0 radical (unpaired) electrons. The molecule has 4 aliphatic rings. The predicted octanol–water partition coefficient (Wildman–Crippen LogP) is 3.17. The first kappa shape index (κ1) is 12.6. The molecule has 0 aromatic rings. The van der Waals surface area contributed by atoms with Crippen LogP contribution in [0.5, 0.6) is 0 Å². The van der Waals surface area contributed by atoms with E-state index in [1.54, 1.807) is 0 Å². The summed E-state index contributed by atoms with van der Waals surface area (Å²) in [6, 6.07) is 0.971. The van der Waals surface area contributed by atoms with Gasteiger partial charge < -0.3 is 5.32 Å². The molecule has 1 saturated heterocycles. The van der Waals surface area contributed by atoms with Crippen LogP contribution >= 0.6 is 0 Å². The number of nitrogens with one attached hydrogen (secondary N) is 1. The summed E-state index contributed by atoms with van der Waals surface area (Å²) in [5.41, 5.74) is 0.497. The highest BCUT2D eigenvalue weighted by molar-refractivity contribution is 5.02. The van der Waals surface area contributed by atoms with Crippen LogP contribution in [0.4, 0.5) is 0 Å². The molecule has 2 heteroatoms. The van der Waals surface area contributed by atoms with E-state index in [-0.39, 0.29) is 0 Å². The van der Waals surface area contributed by atoms with Crippen LogP contribution in [-0.2, 0) is 0 Å². The Morgan fingerprint density at radius 2 is 1.58 bits per heavy atom. The topological polar surface area (TPSA) is 15.3 Å². The third-order valence-electron chi connectivity index (χ3n) is 6.07. The Labute approximate surface area is 118 Å². The first-order valence-electron chi connectivity index (χ1n) is 8.85. The molecule has 1 N–H and O–H groups in total. The molecule has 1 heterocycles. The van der Waals surface area contributed by atoms with Crippen molar-refractivity contribution in [1.29, 1.82) is 0 Å². The highest BCUT2D eigenvalue weighted by Crippen LogP contribution is 2.48. The average Bonchev–Trinajstić information content (AvgIpc) is 3.28. The molecule has 108 valence electrons. The van der Waals surface area contributed by atoms with Gasteiger partial charge in [0, 0.05) is 18.1 Å². The van der Waals surface area contributed by atoms with Gasteiger partial charge in [-0.05, 0) is 69.9 Å². The molecule has 0 bridgehead atoms.